The van der Waals surface area contributed by atoms with Crippen LogP contribution in [-0.4, -0.2) is 229 Å². The van der Waals surface area contributed by atoms with Gasteiger partial charge in [-0.3, -0.25) is 56.5 Å². The van der Waals surface area contributed by atoms with Gasteiger partial charge in [-0.25, -0.2) is 39.4 Å². The Kier molecular flexibility index (Phi) is 40.7. The molecule has 10 rings (SSSR count). The largest absolute Gasteiger partial charge is 1.00 e. The summed E-state index contributed by atoms with van der Waals surface area (Å²) in [5.41, 5.74) is 12.9. The Hall–Kier alpha value is -6.52. The molecule has 0 aliphatic carbocycles. The van der Waals surface area contributed by atoms with Gasteiger partial charge < -0.3 is 63.8 Å². The number of nitrogens with one attached hydrogen (secondary N) is 5. The third-order valence-electron chi connectivity index (χ3n) is 17.9. The van der Waals surface area contributed by atoms with Crippen molar-refractivity contribution in [1.82, 2.24) is 56.6 Å². The van der Waals surface area contributed by atoms with Gasteiger partial charge >= 0.3 is 73.5 Å². The van der Waals surface area contributed by atoms with Gasteiger partial charge in [0.1, 0.15) is 34.3 Å². The number of rotatable bonds is 9. The summed E-state index contributed by atoms with van der Waals surface area (Å²) >= 11 is 0. The Bertz CT molecular complexity index is 3280. The fraction of sp³-hybridized carbons (Fsp3) is 0.671. The normalized spacial score (nSPS) is 18.7. The van der Waals surface area contributed by atoms with Crippen LogP contribution in [0.5, 0.6) is 0 Å². The zero-order valence-electron chi connectivity index (χ0n) is 67.7. The van der Waals surface area contributed by atoms with E-state index in [-0.39, 0.29) is 120 Å². The molecule has 0 atom stereocenters. The van der Waals surface area contributed by atoms with Gasteiger partial charge in [0, 0.05) is 123 Å². The Balaban J connectivity index is 0.000000658. The summed E-state index contributed by atoms with van der Waals surface area (Å²) in [5, 5.41) is 7.59. The van der Waals surface area contributed by atoms with Crippen molar-refractivity contribution in [2.75, 3.05) is 100 Å². The second-order valence-electron chi connectivity index (χ2n) is 30.8. The van der Waals surface area contributed by atoms with Crippen molar-refractivity contribution in [1.29, 1.82) is 0 Å². The molecule has 0 aromatic heterocycles. The standard InChI is InChI=1S/C19H27N3O3.C14H19N3O.C13H21NO4.C12H21N3O3.C10H17NO3.C5H11O5P.ClH.H4N2.Na.H/c1-18(2,3)25-17(24)21-11-9-19(10-12-21)13-16(23)20-22(19)14-15-7-5-4-6-8-15;18-13-10-14(6-8-15-9-7-14)17(16-13)11-12-4-2-1-3-5-12;1-13(2,3)18-12(16)14-7-5-10(6-8-14)9-11(15)17-4;1-11(2,3)18-10(17)15-6-4-12(5-7-15)8-9(16)13-14-12;1-10(2,3)14-9(13)11-6-4-8(12)5-7-11;1-8-5(6)4-11(7,9-2)10-3;;1-2;;/h4-8H,9-14H2,1-3H3,(H,20,23);1-5,15H,6-11H2,(H,16,18);9H,5-8H2,1-4H3;14H,4-8H2,1-3H3,(H,13,16);4-7H2,1-3H3;4H2,1-3H3;1H;1-2H2;;/q;;;;;;;;+1;-1. The minimum absolute atomic E-state index is 0. The van der Waals surface area contributed by atoms with Gasteiger partial charge in [-0.1, -0.05) is 66.2 Å². The molecule has 8 fully saturated rings. The number of nitrogens with zero attached hydrogens (tertiary/aromatic N) is 6. The van der Waals surface area contributed by atoms with Gasteiger partial charge in [-0.2, -0.15) is 0 Å². The van der Waals surface area contributed by atoms with Crippen LogP contribution in [-0.2, 0) is 83.9 Å². The summed E-state index contributed by atoms with van der Waals surface area (Å²) in [7, 11) is 1.77. The van der Waals surface area contributed by atoms with Crippen LogP contribution in [0.3, 0.4) is 0 Å². The van der Waals surface area contributed by atoms with Crippen LogP contribution in [0.15, 0.2) is 72.3 Å². The van der Waals surface area contributed by atoms with Crippen molar-refractivity contribution < 1.29 is 121 Å². The molecular formula is C73H122ClN13NaO19P. The molecular weight excluding hydrogens is 1450 g/mol. The maximum atomic E-state index is 12.3. The van der Waals surface area contributed by atoms with Crippen LogP contribution in [0.25, 0.3) is 0 Å². The molecule has 32 nitrogen and oxygen atoms in total. The predicted octanol–water partition coefficient (Wildman–Crippen LogP) is 5.23. The number of Topliss-reactive ketones (excluding diaryl/α,β-unsaturated/α-hetero) is 1. The van der Waals surface area contributed by atoms with E-state index in [1.165, 1.54) is 45.6 Å². The number of carbonyl (C=O) groups is 10. The number of nitrogens with two attached hydrogens (primary N) is 2. The first-order chi connectivity index (χ1) is 49.6. The number of benzene rings is 2. The summed E-state index contributed by atoms with van der Waals surface area (Å²) in [4.78, 5) is 122. The average molecular weight is 1580 g/mol. The molecule has 8 aliphatic heterocycles. The summed E-state index contributed by atoms with van der Waals surface area (Å²) in [5.74, 6) is 7.52. The van der Waals surface area contributed by atoms with E-state index in [1.54, 1.807) is 19.6 Å². The first kappa shape index (κ1) is 97.6. The van der Waals surface area contributed by atoms with E-state index in [0.29, 0.717) is 104 Å². The fourth-order valence-corrected chi connectivity index (χ4v) is 13.1. The molecule has 2 aromatic carbocycles. The van der Waals surface area contributed by atoms with Crippen molar-refractivity contribution in [2.45, 2.75) is 219 Å². The van der Waals surface area contributed by atoms with Crippen LogP contribution < -0.4 is 68.3 Å². The maximum absolute atomic E-state index is 12.3. The maximum Gasteiger partial charge on any atom is 1.00 e. The van der Waals surface area contributed by atoms with Crippen LogP contribution in [0.1, 0.15) is 179 Å². The number of hydrogen-bond acceptors (Lipinski definition) is 25. The van der Waals surface area contributed by atoms with Gasteiger partial charge in [0.15, 0.2) is 0 Å². The summed E-state index contributed by atoms with van der Waals surface area (Å²) in [6.45, 7) is 30.3. The Morgan fingerprint density at radius 1 is 0.500 bits per heavy atom. The zero-order valence-corrected chi connectivity index (χ0v) is 70.4. The van der Waals surface area contributed by atoms with E-state index in [2.05, 4.69) is 91.5 Å². The topological polar surface area (TPSA) is 393 Å². The molecule has 8 heterocycles. The molecule has 0 saturated carbocycles. The van der Waals surface area contributed by atoms with Crippen LogP contribution in [0.2, 0.25) is 0 Å². The number of amides is 7. The number of hydrogen-bond donors (Lipinski definition) is 7. The Morgan fingerprint density at radius 2 is 0.852 bits per heavy atom. The quantitative estimate of drug-likeness (QED) is 0.0321. The number of ketones is 1. The second kappa shape index (κ2) is 45.1. The smallest absolute Gasteiger partial charge is 1.00 e. The summed E-state index contributed by atoms with van der Waals surface area (Å²) in [6.07, 6.45) is 9.07. The van der Waals surface area contributed by atoms with E-state index in [1.807, 2.05) is 119 Å². The molecule has 0 radical (unpaired) electrons. The number of esters is 2. The van der Waals surface area contributed by atoms with Gasteiger partial charge in [-0.15, -0.1) is 12.4 Å². The van der Waals surface area contributed by atoms with Crippen LogP contribution in [0, 0.1) is 0 Å². The van der Waals surface area contributed by atoms with Crippen molar-refractivity contribution >= 4 is 79.8 Å². The van der Waals surface area contributed by atoms with Crippen molar-refractivity contribution in [3.63, 3.8) is 0 Å². The fourth-order valence-electron chi connectivity index (χ4n) is 12.3. The van der Waals surface area contributed by atoms with Crippen LogP contribution >= 0.6 is 20.0 Å². The van der Waals surface area contributed by atoms with Gasteiger partial charge in [0.05, 0.1) is 25.3 Å². The molecule has 8 aliphatic rings. The van der Waals surface area contributed by atoms with E-state index in [0.717, 1.165) is 63.7 Å². The molecule has 3 spiro atoms. The minimum Gasteiger partial charge on any atom is -1.00 e. The molecule has 108 heavy (non-hydrogen) atoms. The third kappa shape index (κ3) is 34.4. The van der Waals surface area contributed by atoms with E-state index >= 15 is 0 Å². The van der Waals surface area contributed by atoms with E-state index in [9.17, 15) is 52.5 Å². The monoisotopic (exact) mass is 1570 g/mol. The minimum atomic E-state index is -3.23. The molecule has 35 heteroatoms. The van der Waals surface area contributed by atoms with Gasteiger partial charge in [0.2, 0.25) is 17.7 Å². The molecule has 9 N–H and O–H groups in total. The summed E-state index contributed by atoms with van der Waals surface area (Å²) < 4.78 is 50.3. The Morgan fingerprint density at radius 3 is 1.19 bits per heavy atom. The number of halogens is 1. The number of likely N-dealkylation sites (tertiary alicyclic amines) is 4. The first-order valence-electron chi connectivity index (χ1n) is 35.9. The molecule has 7 amide bonds. The average Bonchev–Trinajstić information content (AvgIpc) is 1.66. The van der Waals surface area contributed by atoms with Crippen molar-refractivity contribution in [3.8, 4) is 0 Å². The SMILES string of the molecule is CC(C)(C)OC(=O)N1CCC(=O)CC1.CC(C)(C)OC(=O)N1CCC2(CC1)CC(=O)NN2.CC(C)(C)OC(=O)N1CCC2(CC1)CC(=O)NN2Cc1ccccc1.COC(=O)C=C1CCN(C(=O)OC(C)(C)C)CC1.COC(=O)CP(=O)(OC)OC.Cl.NN.O=C1CC2(CCNCC2)N(Cc2ccccc2)N1.[H-].[Na+]. The zero-order chi connectivity index (χ0) is 79.3. The van der Waals surface area contributed by atoms with Crippen LogP contribution in [0.4, 0.5) is 19.2 Å². The van der Waals surface area contributed by atoms with Crippen molar-refractivity contribution in [2.24, 2.45) is 11.7 Å². The predicted molar refractivity (Wildman–Crippen MR) is 404 cm³/mol. The summed E-state index contributed by atoms with van der Waals surface area (Å²) in [6, 6.07) is 20.5. The van der Waals surface area contributed by atoms with Crippen molar-refractivity contribution in [3.05, 3.63) is 83.4 Å². The molecule has 8 saturated heterocycles. The number of methoxy groups -OCH3 is 2. The third-order valence-corrected chi connectivity index (χ3v) is 19.6. The Labute approximate surface area is 667 Å². The molecule has 2 aromatic rings. The van der Waals surface area contributed by atoms with Gasteiger partial charge in [-0.05, 0) is 159 Å². The second-order valence-corrected chi connectivity index (χ2v) is 33.1. The van der Waals surface area contributed by atoms with E-state index in [4.69, 9.17) is 18.9 Å². The first-order valence-corrected chi connectivity index (χ1v) is 37.7. The number of carbonyl (C=O) groups excluding carboxylic acids is 10. The number of ether oxygens (including phenoxy) is 6. The molecule has 606 valence electrons. The van der Waals surface area contributed by atoms with E-state index < -0.39 is 36.0 Å². The number of hydrazine groups is 4. The van der Waals surface area contributed by atoms with Gasteiger partial charge in [0.25, 0.3) is 0 Å². The molecule has 0 bridgehead atoms. The molecule has 0 unspecified atom stereocenters. The number of piperidine rings is 5.